The first-order valence-corrected chi connectivity index (χ1v) is 5.40. The first kappa shape index (κ1) is 9.47. The van der Waals surface area contributed by atoms with E-state index < -0.39 is 10.7 Å². The molecule has 6 nitrogen and oxygen atoms in total. The van der Waals surface area contributed by atoms with Gasteiger partial charge in [0.2, 0.25) is 5.88 Å². The van der Waals surface area contributed by atoms with E-state index in [0.29, 0.717) is 19.0 Å². The van der Waals surface area contributed by atoms with Crippen LogP contribution in [0, 0.1) is 0 Å². The van der Waals surface area contributed by atoms with Gasteiger partial charge in [0.25, 0.3) is 0 Å². The molecule has 0 bridgehead atoms. The Morgan fingerprint density at radius 2 is 2.50 bits per heavy atom. The number of rotatable bonds is 2. The molecule has 1 N–H and O–H groups in total. The molecule has 2 heterocycles. The predicted molar refractivity (Wildman–Crippen MR) is 49.2 cm³/mol. The van der Waals surface area contributed by atoms with E-state index in [1.165, 1.54) is 6.20 Å². The molecule has 1 aliphatic rings. The molecule has 1 aliphatic heterocycles. The quantitative estimate of drug-likeness (QED) is 0.611. The lowest BCUT2D eigenvalue weighted by atomic mass is 10.3. The molecule has 0 fully saturated rings. The van der Waals surface area contributed by atoms with Crippen LogP contribution in [-0.2, 0) is 17.2 Å². The minimum atomic E-state index is -2.62. The van der Waals surface area contributed by atoms with Crippen molar-refractivity contribution in [3.63, 3.8) is 0 Å². The summed E-state index contributed by atoms with van der Waals surface area (Å²) in [7, 11) is -0.790. The molecule has 0 spiro atoms. The van der Waals surface area contributed by atoms with Gasteiger partial charge in [-0.2, -0.15) is 5.10 Å². The molecular formula is C7H11N3O3S. The number of fused-ring (bicyclic) bond motifs is 1. The van der Waals surface area contributed by atoms with E-state index in [0.717, 1.165) is 0 Å². The number of nitrogens with one attached hydrogen (secondary N) is 1. The predicted octanol–water partition coefficient (Wildman–Crippen LogP) is -1.17. The molecule has 0 saturated carbocycles. The summed E-state index contributed by atoms with van der Waals surface area (Å²) >= 11 is 0. The largest absolute Gasteiger partial charge is 0.475 e. The molecule has 0 saturated heterocycles. The highest BCUT2D eigenvalue weighted by atomic mass is 32.2. The number of likely N-dealkylation sites (N-methyl/N-ethyl adjacent to an activating group) is 1. The van der Waals surface area contributed by atoms with Crippen LogP contribution in [0.3, 0.4) is 0 Å². The van der Waals surface area contributed by atoms with Crippen molar-refractivity contribution >= 4 is 10.7 Å². The lowest BCUT2D eigenvalue weighted by Crippen LogP contribution is -2.39. The number of hydrogen-bond acceptors (Lipinski definition) is 5. The zero-order chi connectivity index (χ0) is 10.1. The summed E-state index contributed by atoms with van der Waals surface area (Å²) in [5.41, 5.74) is 0. The smallest absolute Gasteiger partial charge is 0.230 e. The molecule has 1 atom stereocenters. The van der Waals surface area contributed by atoms with Crippen LogP contribution >= 0.6 is 0 Å². The lowest BCUT2D eigenvalue weighted by molar-refractivity contribution is 0.184. The molecule has 0 aromatic carbocycles. The minimum Gasteiger partial charge on any atom is -0.475 e. The molecule has 0 aliphatic carbocycles. The van der Waals surface area contributed by atoms with E-state index in [1.54, 1.807) is 4.68 Å². The maximum Gasteiger partial charge on any atom is 0.230 e. The van der Waals surface area contributed by atoms with Crippen LogP contribution in [0.25, 0.3) is 0 Å². The molecule has 0 unspecified atom stereocenters. The molecule has 78 valence electrons. The van der Waals surface area contributed by atoms with Crippen molar-refractivity contribution in [2.45, 2.75) is 17.5 Å². The van der Waals surface area contributed by atoms with Gasteiger partial charge in [0.1, 0.15) is 11.5 Å². The standard InChI is InChI=1S/C7H11N3O3S/c1-8-5-3-10-7(13-4-5)6(2-9-10)14(11)12/h2,5,8,14H,3-4H2,1H3/t5-/m0/s1. The monoisotopic (exact) mass is 217 g/mol. The van der Waals surface area contributed by atoms with E-state index in [4.69, 9.17) is 4.74 Å². The van der Waals surface area contributed by atoms with Crippen LogP contribution in [-0.4, -0.2) is 37.9 Å². The van der Waals surface area contributed by atoms with Crippen LogP contribution in [0.2, 0.25) is 0 Å². The number of hydrogen-bond donors (Lipinski definition) is 2. The SMILES string of the molecule is CN[C@@H]1COc2c([SH](=O)=O)cnn2C1. The van der Waals surface area contributed by atoms with E-state index in [1.807, 2.05) is 7.05 Å². The Balaban J connectivity index is 2.34. The van der Waals surface area contributed by atoms with Gasteiger partial charge in [-0.05, 0) is 7.05 Å². The van der Waals surface area contributed by atoms with Crippen LogP contribution < -0.4 is 10.1 Å². The van der Waals surface area contributed by atoms with Gasteiger partial charge in [0.05, 0.1) is 18.8 Å². The van der Waals surface area contributed by atoms with E-state index in [2.05, 4.69) is 10.4 Å². The fourth-order valence-corrected chi connectivity index (χ4v) is 1.87. The van der Waals surface area contributed by atoms with Crippen molar-refractivity contribution in [3.05, 3.63) is 6.20 Å². The van der Waals surface area contributed by atoms with Gasteiger partial charge in [-0.15, -0.1) is 0 Å². The summed E-state index contributed by atoms with van der Waals surface area (Å²) in [5.74, 6) is 0.354. The van der Waals surface area contributed by atoms with Crippen LogP contribution in [0.15, 0.2) is 11.1 Å². The third kappa shape index (κ3) is 1.48. The highest BCUT2D eigenvalue weighted by Gasteiger charge is 2.23. The number of thiol groups is 1. The van der Waals surface area contributed by atoms with Crippen molar-refractivity contribution in [3.8, 4) is 5.88 Å². The van der Waals surface area contributed by atoms with Crippen molar-refractivity contribution in [2.75, 3.05) is 13.7 Å². The first-order valence-electron chi connectivity index (χ1n) is 4.22. The second-order valence-corrected chi connectivity index (χ2v) is 4.07. The number of ether oxygens (including phenoxy) is 1. The second kappa shape index (κ2) is 3.58. The highest BCUT2D eigenvalue weighted by Crippen LogP contribution is 2.23. The Labute approximate surface area is 82.8 Å². The summed E-state index contributed by atoms with van der Waals surface area (Å²) in [6.45, 7) is 1.10. The third-order valence-corrected chi connectivity index (χ3v) is 2.89. The zero-order valence-corrected chi connectivity index (χ0v) is 8.53. The van der Waals surface area contributed by atoms with E-state index in [9.17, 15) is 8.42 Å². The van der Waals surface area contributed by atoms with Crippen molar-refractivity contribution in [1.29, 1.82) is 0 Å². The molecule has 1 aromatic heterocycles. The number of aromatic nitrogens is 2. The summed E-state index contributed by atoms with van der Waals surface area (Å²) in [4.78, 5) is 0.162. The van der Waals surface area contributed by atoms with Gasteiger partial charge in [0, 0.05) is 0 Å². The fraction of sp³-hybridized carbons (Fsp3) is 0.571. The van der Waals surface area contributed by atoms with Gasteiger partial charge in [0.15, 0.2) is 10.7 Å². The minimum absolute atomic E-state index is 0.162. The number of nitrogens with zero attached hydrogens (tertiary/aromatic N) is 2. The summed E-state index contributed by atoms with van der Waals surface area (Å²) in [6, 6.07) is 0.180. The Hall–Kier alpha value is -1.08. The molecular weight excluding hydrogens is 206 g/mol. The molecule has 1 aromatic rings. The maximum atomic E-state index is 10.8. The van der Waals surface area contributed by atoms with Gasteiger partial charge >= 0.3 is 0 Å². The Kier molecular flexibility index (Phi) is 2.42. The summed E-state index contributed by atoms with van der Waals surface area (Å²) < 4.78 is 28.4. The summed E-state index contributed by atoms with van der Waals surface area (Å²) in [6.07, 6.45) is 1.32. The Morgan fingerprint density at radius 1 is 1.71 bits per heavy atom. The molecule has 2 rings (SSSR count). The van der Waals surface area contributed by atoms with Gasteiger partial charge in [-0.3, -0.25) is 0 Å². The van der Waals surface area contributed by atoms with E-state index >= 15 is 0 Å². The van der Waals surface area contributed by atoms with Gasteiger partial charge in [-0.1, -0.05) is 0 Å². The Bertz CT molecular complexity index is 404. The average molecular weight is 217 g/mol. The normalized spacial score (nSPS) is 20.6. The molecule has 14 heavy (non-hydrogen) atoms. The Morgan fingerprint density at radius 3 is 3.14 bits per heavy atom. The van der Waals surface area contributed by atoms with Crippen LogP contribution in [0.4, 0.5) is 0 Å². The van der Waals surface area contributed by atoms with Crippen molar-refractivity contribution in [1.82, 2.24) is 15.1 Å². The summed E-state index contributed by atoms with van der Waals surface area (Å²) in [5, 5.41) is 6.99. The topological polar surface area (TPSA) is 73.2 Å². The maximum absolute atomic E-state index is 10.8. The average Bonchev–Trinajstić information content (AvgIpc) is 2.59. The molecule has 0 radical (unpaired) electrons. The van der Waals surface area contributed by atoms with Crippen LogP contribution in [0.5, 0.6) is 5.88 Å². The lowest BCUT2D eigenvalue weighted by Gasteiger charge is -2.23. The van der Waals surface area contributed by atoms with Gasteiger partial charge < -0.3 is 10.1 Å². The first-order chi connectivity index (χ1) is 6.72. The van der Waals surface area contributed by atoms with E-state index in [-0.39, 0.29) is 10.9 Å². The van der Waals surface area contributed by atoms with Crippen molar-refractivity contribution < 1.29 is 13.2 Å². The van der Waals surface area contributed by atoms with Crippen molar-refractivity contribution in [2.24, 2.45) is 0 Å². The fourth-order valence-electron chi connectivity index (χ4n) is 1.38. The zero-order valence-electron chi connectivity index (χ0n) is 7.64. The van der Waals surface area contributed by atoms with Gasteiger partial charge in [-0.25, -0.2) is 13.1 Å². The highest BCUT2D eigenvalue weighted by molar-refractivity contribution is 7.72. The second-order valence-electron chi connectivity index (χ2n) is 3.07. The molecule has 7 heteroatoms. The van der Waals surface area contributed by atoms with Crippen LogP contribution in [0.1, 0.15) is 0 Å². The molecule has 0 amide bonds. The third-order valence-electron chi connectivity index (χ3n) is 2.19.